The van der Waals surface area contributed by atoms with Gasteiger partial charge in [0, 0.05) is 5.57 Å². The lowest BCUT2D eigenvalue weighted by atomic mass is 10.0. The first-order valence-corrected chi connectivity index (χ1v) is 9.50. The molecule has 0 bridgehead atoms. The largest absolute Gasteiger partial charge is 0.497 e. The van der Waals surface area contributed by atoms with Crippen molar-refractivity contribution in [1.82, 2.24) is 0 Å². The first-order valence-electron chi connectivity index (χ1n) is 9.12. The lowest BCUT2D eigenvalue weighted by Gasteiger charge is -2.12. The minimum atomic E-state index is -0.515. The summed E-state index contributed by atoms with van der Waals surface area (Å²) in [6.45, 7) is 0. The first kappa shape index (κ1) is 21.1. The molecule has 3 aromatic rings. The number of methoxy groups -OCH3 is 2. The van der Waals surface area contributed by atoms with Crippen molar-refractivity contribution in [2.75, 3.05) is 19.5 Å². The van der Waals surface area contributed by atoms with Crippen LogP contribution in [0.5, 0.6) is 5.75 Å². The molecule has 5 nitrogen and oxygen atoms in total. The molecule has 0 radical (unpaired) electrons. The van der Waals surface area contributed by atoms with E-state index in [0.29, 0.717) is 16.3 Å². The Kier molecular flexibility index (Phi) is 6.88. The average Bonchev–Trinajstić information content (AvgIpc) is 2.79. The molecule has 3 aromatic carbocycles. The van der Waals surface area contributed by atoms with Crippen LogP contribution in [0.25, 0.3) is 11.6 Å². The fourth-order valence-corrected chi connectivity index (χ4v) is 2.98. The molecule has 0 fully saturated rings. The van der Waals surface area contributed by atoms with Crippen molar-refractivity contribution in [3.63, 3.8) is 0 Å². The number of carbonyl (C=O) groups is 2. The predicted octanol–water partition coefficient (Wildman–Crippen LogP) is 5.31. The number of anilines is 1. The monoisotopic (exact) mass is 421 g/mol. The van der Waals surface area contributed by atoms with Crippen molar-refractivity contribution in [1.29, 1.82) is 0 Å². The molecule has 0 saturated carbocycles. The Bertz CT molecular complexity index is 1080. The van der Waals surface area contributed by atoms with Crippen LogP contribution < -0.4 is 10.1 Å². The van der Waals surface area contributed by atoms with Crippen molar-refractivity contribution in [3.8, 4) is 5.75 Å². The molecule has 0 aliphatic heterocycles. The summed E-state index contributed by atoms with van der Waals surface area (Å²) in [7, 11) is 2.89. The summed E-state index contributed by atoms with van der Waals surface area (Å²) in [5.74, 6) is -0.149. The second-order valence-corrected chi connectivity index (χ2v) is 6.74. The highest BCUT2D eigenvalue weighted by Gasteiger charge is 2.16. The summed E-state index contributed by atoms with van der Waals surface area (Å²) in [5.41, 5.74) is 2.63. The van der Waals surface area contributed by atoms with Crippen LogP contribution in [0.15, 0.2) is 72.8 Å². The average molecular weight is 422 g/mol. The molecule has 0 saturated heterocycles. The van der Waals surface area contributed by atoms with Crippen molar-refractivity contribution < 1.29 is 19.1 Å². The van der Waals surface area contributed by atoms with Crippen LogP contribution in [-0.2, 0) is 9.53 Å². The lowest BCUT2D eigenvalue weighted by Crippen LogP contribution is -2.14. The maximum absolute atomic E-state index is 13.2. The fourth-order valence-electron chi connectivity index (χ4n) is 2.82. The van der Waals surface area contributed by atoms with Gasteiger partial charge in [0.25, 0.3) is 5.91 Å². The maximum atomic E-state index is 13.2. The smallest absolute Gasteiger partial charge is 0.337 e. The molecule has 0 unspecified atom stereocenters. The molecular weight excluding hydrogens is 402 g/mol. The van der Waals surface area contributed by atoms with Gasteiger partial charge in [0.15, 0.2) is 0 Å². The maximum Gasteiger partial charge on any atom is 0.337 e. The van der Waals surface area contributed by atoms with Gasteiger partial charge in [-0.05, 0) is 47.5 Å². The van der Waals surface area contributed by atoms with E-state index in [1.807, 2.05) is 54.6 Å². The standard InChI is InChI=1S/C24H20ClNO4/c1-29-19-11-8-16(9-12-19)14-20(17-6-4-3-5-7-17)23(27)26-22-15-18(24(28)30-2)10-13-21(22)25/h3-15H,1-2H3,(H,26,27)/b20-14+. The van der Waals surface area contributed by atoms with Gasteiger partial charge in [0.2, 0.25) is 0 Å². The van der Waals surface area contributed by atoms with Crippen molar-refractivity contribution in [3.05, 3.63) is 94.5 Å². The molecule has 3 rings (SSSR count). The number of amides is 1. The van der Waals surface area contributed by atoms with E-state index in [1.165, 1.54) is 19.2 Å². The Morgan fingerprint density at radius 3 is 2.23 bits per heavy atom. The molecule has 0 heterocycles. The van der Waals surface area contributed by atoms with Crippen LogP contribution >= 0.6 is 11.6 Å². The fraction of sp³-hybridized carbons (Fsp3) is 0.0833. The molecule has 1 N–H and O–H groups in total. The number of halogens is 1. The van der Waals surface area contributed by atoms with Gasteiger partial charge in [0.1, 0.15) is 5.75 Å². The van der Waals surface area contributed by atoms with E-state index in [0.717, 1.165) is 16.9 Å². The number of nitrogens with one attached hydrogen (secondary N) is 1. The zero-order chi connectivity index (χ0) is 21.5. The minimum absolute atomic E-state index is 0.289. The topological polar surface area (TPSA) is 64.6 Å². The first-order chi connectivity index (χ1) is 14.5. The van der Waals surface area contributed by atoms with Gasteiger partial charge in [0.05, 0.1) is 30.5 Å². The Hall–Kier alpha value is -3.57. The van der Waals surface area contributed by atoms with Crippen molar-refractivity contribution in [2.45, 2.75) is 0 Å². The van der Waals surface area contributed by atoms with Gasteiger partial charge in [-0.3, -0.25) is 4.79 Å². The van der Waals surface area contributed by atoms with Gasteiger partial charge in [-0.2, -0.15) is 0 Å². The summed E-state index contributed by atoms with van der Waals surface area (Å²) in [5, 5.41) is 3.11. The third-order valence-electron chi connectivity index (χ3n) is 4.39. The molecule has 0 spiro atoms. The summed E-state index contributed by atoms with van der Waals surface area (Å²) < 4.78 is 9.92. The van der Waals surface area contributed by atoms with Crippen molar-refractivity contribution >= 4 is 40.8 Å². The van der Waals surface area contributed by atoms with E-state index in [4.69, 9.17) is 21.1 Å². The SMILES string of the molecule is COC(=O)c1ccc(Cl)c(NC(=O)/C(=C/c2ccc(OC)cc2)c2ccccc2)c1. The van der Waals surface area contributed by atoms with E-state index < -0.39 is 5.97 Å². The zero-order valence-corrected chi connectivity index (χ0v) is 17.3. The molecule has 152 valence electrons. The highest BCUT2D eigenvalue weighted by atomic mass is 35.5. The number of ether oxygens (including phenoxy) is 2. The molecule has 0 aromatic heterocycles. The molecule has 30 heavy (non-hydrogen) atoms. The number of hydrogen-bond donors (Lipinski definition) is 1. The third-order valence-corrected chi connectivity index (χ3v) is 4.72. The third kappa shape index (κ3) is 5.07. The quantitative estimate of drug-likeness (QED) is 0.332. The Morgan fingerprint density at radius 1 is 0.900 bits per heavy atom. The highest BCUT2D eigenvalue weighted by molar-refractivity contribution is 6.36. The van der Waals surface area contributed by atoms with Gasteiger partial charge >= 0.3 is 5.97 Å². The number of carbonyl (C=O) groups excluding carboxylic acids is 2. The summed E-state index contributed by atoms with van der Waals surface area (Å²) >= 11 is 6.23. The van der Waals surface area contributed by atoms with Crippen LogP contribution in [0, 0.1) is 0 Å². The molecule has 0 atom stereocenters. The van der Waals surface area contributed by atoms with Gasteiger partial charge in [-0.25, -0.2) is 4.79 Å². The second-order valence-electron chi connectivity index (χ2n) is 6.34. The van der Waals surface area contributed by atoms with E-state index in [1.54, 1.807) is 19.3 Å². The van der Waals surface area contributed by atoms with Gasteiger partial charge in [-0.15, -0.1) is 0 Å². The van der Waals surface area contributed by atoms with Crippen molar-refractivity contribution in [2.24, 2.45) is 0 Å². The zero-order valence-electron chi connectivity index (χ0n) is 16.5. The van der Waals surface area contributed by atoms with E-state index in [9.17, 15) is 9.59 Å². The van der Waals surface area contributed by atoms with E-state index >= 15 is 0 Å². The van der Waals surface area contributed by atoms with Gasteiger partial charge < -0.3 is 14.8 Å². The molecule has 0 aliphatic carbocycles. The molecular formula is C24H20ClNO4. The van der Waals surface area contributed by atoms with E-state index in [-0.39, 0.29) is 11.5 Å². The number of hydrogen-bond acceptors (Lipinski definition) is 4. The molecule has 1 amide bonds. The lowest BCUT2D eigenvalue weighted by molar-refractivity contribution is -0.111. The Labute approximate surface area is 179 Å². The Morgan fingerprint density at radius 2 is 1.60 bits per heavy atom. The van der Waals surface area contributed by atoms with Crippen LogP contribution in [-0.4, -0.2) is 26.1 Å². The van der Waals surface area contributed by atoms with Gasteiger partial charge in [-0.1, -0.05) is 54.1 Å². The Balaban J connectivity index is 1.97. The summed E-state index contributed by atoms with van der Waals surface area (Å²) in [4.78, 5) is 25.0. The van der Waals surface area contributed by atoms with Crippen LogP contribution in [0.3, 0.4) is 0 Å². The van der Waals surface area contributed by atoms with E-state index in [2.05, 4.69) is 5.32 Å². The highest BCUT2D eigenvalue weighted by Crippen LogP contribution is 2.27. The summed E-state index contributed by atoms with van der Waals surface area (Å²) in [6.07, 6.45) is 1.78. The molecule has 0 aliphatic rings. The minimum Gasteiger partial charge on any atom is -0.497 e. The van der Waals surface area contributed by atoms with Crippen LogP contribution in [0.1, 0.15) is 21.5 Å². The number of esters is 1. The second kappa shape index (κ2) is 9.76. The predicted molar refractivity (Wildman–Crippen MR) is 119 cm³/mol. The number of benzene rings is 3. The normalized spacial score (nSPS) is 11.0. The number of rotatable bonds is 6. The van der Waals surface area contributed by atoms with Crippen LogP contribution in [0.4, 0.5) is 5.69 Å². The summed E-state index contributed by atoms with van der Waals surface area (Å²) in [6, 6.07) is 21.2. The van der Waals surface area contributed by atoms with Crippen LogP contribution in [0.2, 0.25) is 5.02 Å². The molecule has 6 heteroatoms.